The molecule has 1 aromatic carbocycles. The van der Waals surface area contributed by atoms with Crippen molar-refractivity contribution in [3.05, 3.63) is 46.8 Å². The number of carbonyl (C=O) groups is 2. The number of hydrogen-bond donors (Lipinski definition) is 3. The smallest absolute Gasteiger partial charge is 0.335 e. The fourth-order valence-electron chi connectivity index (χ4n) is 1.56. The first-order valence-electron chi connectivity index (χ1n) is 5.55. The second-order valence-electron chi connectivity index (χ2n) is 3.97. The minimum absolute atomic E-state index is 0.0537. The van der Waals surface area contributed by atoms with Crippen LogP contribution >= 0.6 is 11.3 Å². The van der Waals surface area contributed by atoms with Crippen molar-refractivity contribution < 1.29 is 23.1 Å². The van der Waals surface area contributed by atoms with Crippen LogP contribution in [0.15, 0.2) is 40.6 Å². The summed E-state index contributed by atoms with van der Waals surface area (Å²) in [7, 11) is -4.01. The van der Waals surface area contributed by atoms with Gasteiger partial charge in [-0.2, -0.15) is 0 Å². The van der Waals surface area contributed by atoms with Crippen molar-refractivity contribution >= 4 is 38.2 Å². The maximum atomic E-state index is 12.2. The molecule has 1 heterocycles. The normalized spacial score (nSPS) is 11.0. The van der Waals surface area contributed by atoms with Crippen molar-refractivity contribution in [1.29, 1.82) is 0 Å². The number of sulfonamides is 1. The van der Waals surface area contributed by atoms with Crippen molar-refractivity contribution in [3.63, 3.8) is 0 Å². The summed E-state index contributed by atoms with van der Waals surface area (Å²) < 4.78 is 26.6. The number of benzene rings is 1. The first kappa shape index (κ1) is 15.0. The highest BCUT2D eigenvalue weighted by Gasteiger charge is 2.20. The third-order valence-electron chi connectivity index (χ3n) is 2.55. The lowest BCUT2D eigenvalue weighted by Gasteiger charge is -2.08. The van der Waals surface area contributed by atoms with Crippen LogP contribution in [0.4, 0.5) is 5.00 Å². The van der Waals surface area contributed by atoms with Crippen LogP contribution in [-0.2, 0) is 10.0 Å². The molecule has 0 aliphatic heterocycles. The van der Waals surface area contributed by atoms with E-state index in [-0.39, 0.29) is 21.0 Å². The number of thiophene rings is 1. The molecule has 2 aromatic rings. The van der Waals surface area contributed by atoms with E-state index in [1.54, 1.807) is 0 Å². The third-order valence-corrected chi connectivity index (χ3v) is 4.86. The van der Waals surface area contributed by atoms with Crippen LogP contribution in [-0.4, -0.2) is 25.4 Å². The van der Waals surface area contributed by atoms with Gasteiger partial charge >= 0.3 is 5.97 Å². The van der Waals surface area contributed by atoms with Gasteiger partial charge in [0.1, 0.15) is 5.00 Å². The Morgan fingerprint density at radius 1 is 1.24 bits per heavy atom. The monoisotopic (exact) mass is 326 g/mol. The molecule has 0 atom stereocenters. The number of carboxylic acids is 1. The van der Waals surface area contributed by atoms with Gasteiger partial charge in [0.15, 0.2) is 0 Å². The summed E-state index contributed by atoms with van der Waals surface area (Å²) in [5, 5.41) is 10.5. The molecule has 7 nitrogen and oxygen atoms in total. The molecule has 0 fully saturated rings. The van der Waals surface area contributed by atoms with Gasteiger partial charge in [-0.05, 0) is 29.6 Å². The van der Waals surface area contributed by atoms with E-state index in [9.17, 15) is 18.0 Å². The number of nitrogens with one attached hydrogen (secondary N) is 1. The molecule has 1 amide bonds. The number of aromatic carboxylic acids is 1. The average Bonchev–Trinajstić information content (AvgIpc) is 2.86. The Bertz CT molecular complexity index is 811. The highest BCUT2D eigenvalue weighted by molar-refractivity contribution is 7.93. The van der Waals surface area contributed by atoms with E-state index in [1.165, 1.54) is 29.6 Å². The largest absolute Gasteiger partial charge is 0.478 e. The summed E-state index contributed by atoms with van der Waals surface area (Å²) in [5.74, 6) is -1.99. The summed E-state index contributed by atoms with van der Waals surface area (Å²) in [4.78, 5) is 21.8. The van der Waals surface area contributed by atoms with Gasteiger partial charge in [0.05, 0.1) is 16.0 Å². The van der Waals surface area contributed by atoms with Gasteiger partial charge in [0.2, 0.25) is 0 Å². The van der Waals surface area contributed by atoms with Gasteiger partial charge in [-0.3, -0.25) is 9.52 Å². The molecule has 0 aliphatic carbocycles. The quantitative estimate of drug-likeness (QED) is 0.764. The van der Waals surface area contributed by atoms with Crippen molar-refractivity contribution in [3.8, 4) is 0 Å². The summed E-state index contributed by atoms with van der Waals surface area (Å²) >= 11 is 1.00. The standard InChI is InChI=1S/C12H10N2O5S2/c13-10(15)9-4-5-20-11(9)14-21(18,19)8-3-1-2-7(6-8)12(16)17/h1-6,14H,(H2,13,15)(H,16,17). The number of carbonyl (C=O) groups excluding carboxylic acids is 1. The molecule has 0 saturated heterocycles. The molecule has 0 radical (unpaired) electrons. The van der Waals surface area contributed by atoms with E-state index in [0.717, 1.165) is 17.4 Å². The Labute approximate surface area is 124 Å². The number of carboxylic acid groups (broad SMARTS) is 1. The van der Waals surface area contributed by atoms with Crippen LogP contribution in [0.1, 0.15) is 20.7 Å². The highest BCUT2D eigenvalue weighted by Crippen LogP contribution is 2.26. The average molecular weight is 326 g/mol. The molecule has 0 saturated carbocycles. The molecule has 0 unspecified atom stereocenters. The lowest BCUT2D eigenvalue weighted by Crippen LogP contribution is -2.17. The zero-order chi connectivity index (χ0) is 15.6. The van der Waals surface area contributed by atoms with Crippen molar-refractivity contribution in [2.45, 2.75) is 4.90 Å². The van der Waals surface area contributed by atoms with Crippen LogP contribution in [0, 0.1) is 0 Å². The van der Waals surface area contributed by atoms with E-state index in [0.29, 0.717) is 0 Å². The Hall–Kier alpha value is -2.39. The van der Waals surface area contributed by atoms with Crippen molar-refractivity contribution in [2.24, 2.45) is 5.73 Å². The Balaban J connectivity index is 2.39. The fraction of sp³-hybridized carbons (Fsp3) is 0. The van der Waals surface area contributed by atoms with Crippen molar-refractivity contribution in [2.75, 3.05) is 4.72 Å². The number of nitrogens with two attached hydrogens (primary N) is 1. The molecular weight excluding hydrogens is 316 g/mol. The number of rotatable bonds is 5. The fourth-order valence-corrected chi connectivity index (χ4v) is 3.73. The lowest BCUT2D eigenvalue weighted by molar-refractivity contribution is 0.0696. The molecule has 9 heteroatoms. The minimum atomic E-state index is -4.01. The van der Waals surface area contributed by atoms with Gasteiger partial charge in [-0.25, -0.2) is 13.2 Å². The lowest BCUT2D eigenvalue weighted by atomic mass is 10.2. The summed E-state index contributed by atoms with van der Waals surface area (Å²) in [6.07, 6.45) is 0. The molecule has 0 spiro atoms. The Morgan fingerprint density at radius 2 is 1.95 bits per heavy atom. The molecule has 110 valence electrons. The zero-order valence-corrected chi connectivity index (χ0v) is 12.1. The molecule has 0 aliphatic rings. The van der Waals surface area contributed by atoms with E-state index >= 15 is 0 Å². The number of hydrogen-bond acceptors (Lipinski definition) is 5. The molecule has 4 N–H and O–H groups in total. The van der Waals surface area contributed by atoms with Crippen LogP contribution in [0.25, 0.3) is 0 Å². The third kappa shape index (κ3) is 3.20. The van der Waals surface area contributed by atoms with Gasteiger partial charge in [-0.1, -0.05) is 6.07 Å². The molecular formula is C12H10N2O5S2. The van der Waals surface area contributed by atoms with Crippen LogP contribution in [0.5, 0.6) is 0 Å². The second-order valence-corrected chi connectivity index (χ2v) is 6.56. The van der Waals surface area contributed by atoms with Crippen molar-refractivity contribution in [1.82, 2.24) is 0 Å². The van der Waals surface area contributed by atoms with Crippen LogP contribution < -0.4 is 10.5 Å². The summed E-state index contributed by atoms with van der Waals surface area (Å²) in [6.45, 7) is 0. The molecule has 0 bridgehead atoms. The molecule has 1 aromatic heterocycles. The predicted molar refractivity (Wildman–Crippen MR) is 77.0 cm³/mol. The van der Waals surface area contributed by atoms with Gasteiger partial charge in [0, 0.05) is 0 Å². The first-order valence-corrected chi connectivity index (χ1v) is 7.91. The zero-order valence-electron chi connectivity index (χ0n) is 10.4. The van der Waals surface area contributed by atoms with E-state index in [1.807, 2.05) is 0 Å². The van der Waals surface area contributed by atoms with Crippen LogP contribution in [0.2, 0.25) is 0 Å². The van der Waals surface area contributed by atoms with Gasteiger partial charge in [-0.15, -0.1) is 11.3 Å². The van der Waals surface area contributed by atoms with Gasteiger partial charge in [0.25, 0.3) is 15.9 Å². The van der Waals surface area contributed by atoms with E-state index in [2.05, 4.69) is 4.72 Å². The minimum Gasteiger partial charge on any atom is -0.478 e. The number of primary amides is 1. The Morgan fingerprint density at radius 3 is 2.57 bits per heavy atom. The summed E-state index contributed by atoms with van der Waals surface area (Å²) in [5.41, 5.74) is 5.04. The Kier molecular flexibility index (Phi) is 3.96. The maximum Gasteiger partial charge on any atom is 0.335 e. The van der Waals surface area contributed by atoms with E-state index in [4.69, 9.17) is 10.8 Å². The topological polar surface area (TPSA) is 127 Å². The van der Waals surface area contributed by atoms with E-state index < -0.39 is 21.9 Å². The van der Waals surface area contributed by atoms with Gasteiger partial charge < -0.3 is 10.8 Å². The molecule has 21 heavy (non-hydrogen) atoms. The summed E-state index contributed by atoms with van der Waals surface area (Å²) in [6, 6.07) is 6.29. The SMILES string of the molecule is NC(=O)c1ccsc1NS(=O)(=O)c1cccc(C(=O)O)c1. The first-order chi connectivity index (χ1) is 9.81. The molecule has 2 rings (SSSR count). The maximum absolute atomic E-state index is 12.2. The number of amides is 1. The number of anilines is 1. The highest BCUT2D eigenvalue weighted by atomic mass is 32.2. The predicted octanol–water partition coefficient (Wildman–Crippen LogP) is 1.35. The van der Waals surface area contributed by atoms with Crippen LogP contribution in [0.3, 0.4) is 0 Å². The second kappa shape index (κ2) is 5.54.